The molecule has 30 heavy (non-hydrogen) atoms. The Bertz CT molecular complexity index is 205. The van der Waals surface area contributed by atoms with Crippen molar-refractivity contribution in [3.05, 3.63) is 0 Å². The molecule has 2 saturated carbocycles. The smallest absolute Gasteiger partial charge is 0.0604 e. The van der Waals surface area contributed by atoms with Crippen LogP contribution in [0.3, 0.4) is 0 Å². The summed E-state index contributed by atoms with van der Waals surface area (Å²) < 4.78 is 11.1. The van der Waals surface area contributed by atoms with Gasteiger partial charge in [-0.1, -0.05) is 109 Å². The summed E-state index contributed by atoms with van der Waals surface area (Å²) in [5.74, 6) is 1.89. The number of hydrogen-bond donors (Lipinski definition) is 0. The first-order valence-electron chi connectivity index (χ1n) is 14.2. The first-order chi connectivity index (χ1) is 14.9. The van der Waals surface area contributed by atoms with Crippen molar-refractivity contribution in [1.82, 2.24) is 0 Å². The average Bonchev–Trinajstić information content (AvgIpc) is 3.57. The van der Waals surface area contributed by atoms with E-state index in [4.69, 9.17) is 9.47 Å². The largest absolute Gasteiger partial charge is 0.378 e. The van der Waals surface area contributed by atoms with Crippen LogP contribution in [-0.2, 0) is 9.47 Å². The van der Waals surface area contributed by atoms with Crippen molar-refractivity contribution >= 4 is 0 Å². The zero-order chi connectivity index (χ0) is 24.2. The Hall–Kier alpha value is -0.0800. The second-order valence-corrected chi connectivity index (χ2v) is 6.48. The molecular formula is C28H64O2. The number of fused-ring (bicyclic) bond motifs is 2. The maximum atomic E-state index is 5.56. The zero-order valence-corrected chi connectivity index (χ0v) is 23.6. The van der Waals surface area contributed by atoms with Gasteiger partial charge in [-0.2, -0.15) is 0 Å². The molecule has 0 radical (unpaired) electrons. The predicted octanol–water partition coefficient (Wildman–Crippen LogP) is 10.1. The van der Waals surface area contributed by atoms with Crippen molar-refractivity contribution in [2.45, 2.75) is 160 Å². The van der Waals surface area contributed by atoms with Crippen LogP contribution in [0.2, 0.25) is 0 Å². The fraction of sp³-hybridized carbons (Fsp3) is 1.00. The second kappa shape index (κ2) is 33.6. The van der Waals surface area contributed by atoms with Gasteiger partial charge in [-0.25, -0.2) is 0 Å². The highest BCUT2D eigenvalue weighted by atomic mass is 16.5. The summed E-state index contributed by atoms with van der Waals surface area (Å²) in [4.78, 5) is 0. The van der Waals surface area contributed by atoms with Crippen LogP contribution in [0.25, 0.3) is 0 Å². The Kier molecular flexibility index (Phi) is 41.7. The lowest BCUT2D eigenvalue weighted by Crippen LogP contribution is -2.19. The lowest BCUT2D eigenvalue weighted by molar-refractivity contribution is 0.0662. The van der Waals surface area contributed by atoms with Crippen LogP contribution in [-0.4, -0.2) is 25.4 Å². The standard InChI is InChI=1S/2C8H14O.6C2H6/c2*1-2-4-8-7(3-1)5-6-9-8;6*1-2/h2*7-8H,1-6H2;6*1-2H3. The van der Waals surface area contributed by atoms with E-state index in [9.17, 15) is 0 Å². The van der Waals surface area contributed by atoms with E-state index in [1.54, 1.807) is 0 Å². The molecule has 2 aliphatic heterocycles. The van der Waals surface area contributed by atoms with E-state index in [0.29, 0.717) is 12.2 Å². The van der Waals surface area contributed by atoms with Gasteiger partial charge in [0.05, 0.1) is 12.2 Å². The van der Waals surface area contributed by atoms with Gasteiger partial charge in [0.2, 0.25) is 0 Å². The van der Waals surface area contributed by atoms with Crippen LogP contribution in [0.1, 0.15) is 147 Å². The molecule has 0 spiro atoms. The van der Waals surface area contributed by atoms with Crippen LogP contribution in [0.5, 0.6) is 0 Å². The molecule has 4 aliphatic rings. The highest BCUT2D eigenvalue weighted by Gasteiger charge is 2.30. The summed E-state index contributed by atoms with van der Waals surface area (Å²) in [6.45, 7) is 26.1. The molecule has 0 N–H and O–H groups in total. The highest BCUT2D eigenvalue weighted by molar-refractivity contribution is 4.80. The van der Waals surface area contributed by atoms with Gasteiger partial charge in [0.25, 0.3) is 0 Å². The molecule has 2 heterocycles. The molecule has 188 valence electrons. The molecule has 0 aromatic heterocycles. The Morgan fingerprint density at radius 2 is 0.633 bits per heavy atom. The Morgan fingerprint density at radius 1 is 0.367 bits per heavy atom. The van der Waals surface area contributed by atoms with E-state index in [-0.39, 0.29) is 0 Å². The van der Waals surface area contributed by atoms with Gasteiger partial charge in [0, 0.05) is 13.2 Å². The molecule has 2 aliphatic carbocycles. The molecule has 2 heteroatoms. The lowest BCUT2D eigenvalue weighted by atomic mass is 9.86. The monoisotopic (exact) mass is 432 g/mol. The Morgan fingerprint density at radius 3 is 0.900 bits per heavy atom. The summed E-state index contributed by atoms with van der Waals surface area (Å²) in [5, 5.41) is 0. The van der Waals surface area contributed by atoms with Crippen molar-refractivity contribution in [2.24, 2.45) is 11.8 Å². The van der Waals surface area contributed by atoms with Crippen LogP contribution >= 0.6 is 0 Å². The SMILES string of the molecule is C1CCC2OCCC2C1.C1CCC2OCCC2C1.CC.CC.CC.CC.CC.CC. The second-order valence-electron chi connectivity index (χ2n) is 6.48. The molecule has 0 aromatic rings. The minimum Gasteiger partial charge on any atom is -0.378 e. The van der Waals surface area contributed by atoms with Crippen molar-refractivity contribution in [3.63, 3.8) is 0 Å². The molecule has 0 amide bonds. The third kappa shape index (κ3) is 17.6. The van der Waals surface area contributed by atoms with Crippen molar-refractivity contribution in [1.29, 1.82) is 0 Å². The molecule has 4 fully saturated rings. The quantitative estimate of drug-likeness (QED) is 0.379. The van der Waals surface area contributed by atoms with Crippen LogP contribution in [0, 0.1) is 11.8 Å². The first kappa shape index (κ1) is 37.2. The fourth-order valence-corrected chi connectivity index (χ4v) is 4.19. The minimum atomic E-state index is 0.666. The lowest BCUT2D eigenvalue weighted by Gasteiger charge is -2.22. The highest BCUT2D eigenvalue weighted by Crippen LogP contribution is 2.34. The topological polar surface area (TPSA) is 18.5 Å². The minimum absolute atomic E-state index is 0.666. The van der Waals surface area contributed by atoms with Gasteiger partial charge in [0.15, 0.2) is 0 Å². The molecular weight excluding hydrogens is 368 g/mol. The van der Waals surface area contributed by atoms with Crippen molar-refractivity contribution < 1.29 is 9.47 Å². The maximum Gasteiger partial charge on any atom is 0.0604 e. The van der Waals surface area contributed by atoms with Crippen molar-refractivity contribution in [2.75, 3.05) is 13.2 Å². The summed E-state index contributed by atoms with van der Waals surface area (Å²) in [6, 6.07) is 0. The van der Waals surface area contributed by atoms with E-state index in [2.05, 4.69) is 0 Å². The van der Waals surface area contributed by atoms with E-state index in [1.807, 2.05) is 83.1 Å². The third-order valence-electron chi connectivity index (χ3n) is 5.32. The van der Waals surface area contributed by atoms with E-state index in [1.165, 1.54) is 64.2 Å². The zero-order valence-electron chi connectivity index (χ0n) is 23.6. The van der Waals surface area contributed by atoms with Gasteiger partial charge in [-0.15, -0.1) is 0 Å². The fourth-order valence-electron chi connectivity index (χ4n) is 4.19. The molecule has 0 bridgehead atoms. The summed E-state index contributed by atoms with van der Waals surface area (Å²) in [7, 11) is 0. The maximum absolute atomic E-state index is 5.56. The van der Waals surface area contributed by atoms with E-state index >= 15 is 0 Å². The molecule has 4 unspecified atom stereocenters. The van der Waals surface area contributed by atoms with Gasteiger partial charge < -0.3 is 9.47 Å². The molecule has 0 aromatic carbocycles. The Labute approximate surface area is 194 Å². The number of rotatable bonds is 0. The molecule has 2 saturated heterocycles. The normalized spacial score (nSPS) is 26.8. The van der Waals surface area contributed by atoms with Crippen LogP contribution in [0.15, 0.2) is 0 Å². The van der Waals surface area contributed by atoms with Gasteiger partial charge in [-0.3, -0.25) is 0 Å². The van der Waals surface area contributed by atoms with Gasteiger partial charge in [-0.05, 0) is 50.4 Å². The van der Waals surface area contributed by atoms with E-state index < -0.39 is 0 Å². The third-order valence-corrected chi connectivity index (χ3v) is 5.32. The van der Waals surface area contributed by atoms with Gasteiger partial charge >= 0.3 is 0 Å². The summed E-state index contributed by atoms with van der Waals surface area (Å²) >= 11 is 0. The Balaban J connectivity index is -0.000000152. The van der Waals surface area contributed by atoms with Gasteiger partial charge in [0.1, 0.15) is 0 Å². The van der Waals surface area contributed by atoms with E-state index in [0.717, 1.165) is 25.0 Å². The molecule has 2 nitrogen and oxygen atoms in total. The number of ether oxygens (including phenoxy) is 2. The molecule has 4 atom stereocenters. The average molecular weight is 433 g/mol. The summed E-state index contributed by atoms with van der Waals surface area (Å²) in [6.07, 6.45) is 15.3. The van der Waals surface area contributed by atoms with Crippen LogP contribution in [0.4, 0.5) is 0 Å². The summed E-state index contributed by atoms with van der Waals surface area (Å²) in [5.41, 5.74) is 0. The number of hydrogen-bond acceptors (Lipinski definition) is 2. The van der Waals surface area contributed by atoms with Crippen LogP contribution < -0.4 is 0 Å². The van der Waals surface area contributed by atoms with Crippen molar-refractivity contribution in [3.8, 4) is 0 Å². The molecule has 4 rings (SSSR count). The predicted molar refractivity (Wildman–Crippen MR) is 141 cm³/mol. The first-order valence-corrected chi connectivity index (χ1v) is 14.2.